The Morgan fingerprint density at radius 3 is 2.67 bits per heavy atom. The molecule has 1 rings (SSSR count). The molecule has 0 aromatic carbocycles. The molecule has 1 heterocycles. The minimum atomic E-state index is -0.0860. The molecule has 0 unspecified atom stereocenters. The molecule has 0 aromatic rings. The van der Waals surface area contributed by atoms with E-state index in [-0.39, 0.29) is 24.9 Å². The predicted molar refractivity (Wildman–Crippen MR) is 30.6 cm³/mol. The van der Waals surface area contributed by atoms with E-state index in [0.29, 0.717) is 0 Å². The monoisotopic (exact) mass is 129 g/mol. The lowest BCUT2D eigenvalue weighted by Crippen LogP contribution is -2.49. The van der Waals surface area contributed by atoms with E-state index in [1.54, 1.807) is 7.05 Å². The molecule has 0 radical (unpaired) electrons. The summed E-state index contributed by atoms with van der Waals surface area (Å²) in [6, 6.07) is 0. The van der Waals surface area contributed by atoms with Gasteiger partial charge < -0.3 is 10.2 Å². The molecule has 0 atom stereocenters. The molecule has 0 spiro atoms. The highest BCUT2D eigenvalue weighted by Gasteiger charge is 2.18. The Hall–Kier alpha value is -1.06. The van der Waals surface area contributed by atoms with E-state index in [2.05, 4.69) is 5.32 Å². The van der Waals surface area contributed by atoms with Crippen LogP contribution in [0.15, 0.2) is 0 Å². The number of piperazine rings is 1. The maximum absolute atomic E-state index is 10.7. The molecule has 9 heavy (non-hydrogen) atoms. The average molecular weight is 129 g/mol. The Labute approximate surface area is 52.8 Å². The normalized spacial score (nSPS) is 19.9. The molecule has 0 aliphatic carbocycles. The molecule has 1 aliphatic heterocycles. The van der Waals surface area contributed by atoms with Crippen molar-refractivity contribution < 1.29 is 9.59 Å². The van der Waals surface area contributed by atoms with Gasteiger partial charge in [0, 0.05) is 7.05 Å². The second-order valence-electron chi connectivity index (χ2n) is 2.03. The van der Waals surface area contributed by atoms with Gasteiger partial charge in [0.05, 0.1) is 13.1 Å². The SMILES string of the molecule is CN1CC(=O)[15NH]CC1=O. The number of nitrogens with zero attached hydrogens (tertiary/aromatic N) is 1. The van der Waals surface area contributed by atoms with Crippen LogP contribution < -0.4 is 5.32 Å². The van der Waals surface area contributed by atoms with Gasteiger partial charge in [-0.2, -0.15) is 0 Å². The zero-order valence-electron chi connectivity index (χ0n) is 5.18. The van der Waals surface area contributed by atoms with Crippen LogP contribution in [0.25, 0.3) is 0 Å². The summed E-state index contributed by atoms with van der Waals surface area (Å²) in [5, 5.41) is 2.43. The summed E-state index contributed by atoms with van der Waals surface area (Å²) in [4.78, 5) is 22.6. The van der Waals surface area contributed by atoms with Crippen molar-refractivity contribution in [3.63, 3.8) is 0 Å². The van der Waals surface area contributed by atoms with Gasteiger partial charge in [-0.15, -0.1) is 0 Å². The van der Waals surface area contributed by atoms with Crippen molar-refractivity contribution in [3.05, 3.63) is 0 Å². The van der Waals surface area contributed by atoms with Crippen LogP contribution in [0, 0.1) is 0 Å². The average Bonchev–Trinajstić information content (AvgIpc) is 1.80. The number of nitrogens with one attached hydrogen (secondary N) is 1. The molecule has 4 heteroatoms. The minimum Gasteiger partial charge on any atom is -0.345 e. The molecular weight excluding hydrogens is 121 g/mol. The Morgan fingerprint density at radius 2 is 2.22 bits per heavy atom. The van der Waals surface area contributed by atoms with E-state index in [9.17, 15) is 9.59 Å². The number of carbonyl (C=O) groups excluding carboxylic acids is 2. The zero-order chi connectivity index (χ0) is 6.85. The molecule has 0 saturated carbocycles. The summed E-state index contributed by atoms with van der Waals surface area (Å²) in [7, 11) is 1.61. The summed E-state index contributed by atoms with van der Waals surface area (Å²) in [6.07, 6.45) is 0. The number of carbonyl (C=O) groups is 2. The molecule has 1 fully saturated rings. The summed E-state index contributed by atoms with van der Waals surface area (Å²) >= 11 is 0. The lowest BCUT2D eigenvalue weighted by molar-refractivity contribution is -0.139. The third kappa shape index (κ3) is 1.19. The van der Waals surface area contributed by atoms with Crippen molar-refractivity contribution in [1.82, 2.24) is 10.2 Å². The number of hydrogen-bond acceptors (Lipinski definition) is 2. The number of rotatable bonds is 0. The molecule has 0 aromatic heterocycles. The van der Waals surface area contributed by atoms with E-state index in [1.807, 2.05) is 0 Å². The van der Waals surface area contributed by atoms with Crippen LogP contribution in [0.2, 0.25) is 0 Å². The lowest BCUT2D eigenvalue weighted by atomic mass is 10.4. The quantitative estimate of drug-likeness (QED) is 0.408. The second-order valence-corrected chi connectivity index (χ2v) is 2.03. The van der Waals surface area contributed by atoms with Crippen LogP contribution in [-0.2, 0) is 9.59 Å². The Kier molecular flexibility index (Phi) is 1.38. The van der Waals surface area contributed by atoms with Gasteiger partial charge in [0.1, 0.15) is 0 Å². The minimum absolute atomic E-state index is 0.0328. The molecule has 0 bridgehead atoms. The largest absolute Gasteiger partial charge is 0.345 e. The number of amides is 2. The first kappa shape index (κ1) is 6.07. The van der Waals surface area contributed by atoms with Gasteiger partial charge in [0.25, 0.3) is 0 Å². The van der Waals surface area contributed by atoms with E-state index in [1.165, 1.54) is 4.90 Å². The molecule has 1 saturated heterocycles. The van der Waals surface area contributed by atoms with Gasteiger partial charge in [0.2, 0.25) is 11.8 Å². The van der Waals surface area contributed by atoms with Crippen molar-refractivity contribution in [2.75, 3.05) is 20.1 Å². The lowest BCUT2D eigenvalue weighted by Gasteiger charge is -2.21. The molecule has 2 amide bonds. The molecular formula is C5H8N2O2. The fourth-order valence-electron chi connectivity index (χ4n) is 0.669. The van der Waals surface area contributed by atoms with Gasteiger partial charge in [-0.05, 0) is 0 Å². The molecule has 4 nitrogen and oxygen atoms in total. The maximum Gasteiger partial charge on any atom is 0.242 e. The van der Waals surface area contributed by atoms with Crippen LogP contribution in [0.5, 0.6) is 0 Å². The standard InChI is InChI=1S/C5H8N2O2/c1-7-3-4(8)6-2-5(7)9/h2-3H2,1H3,(H,6,8)/i6+1. The Balaban J connectivity index is 2.54. The van der Waals surface area contributed by atoms with Crippen molar-refractivity contribution in [2.24, 2.45) is 0 Å². The summed E-state index contributed by atoms with van der Waals surface area (Å²) in [6.45, 7) is 0.341. The molecule has 1 aliphatic rings. The van der Waals surface area contributed by atoms with E-state index >= 15 is 0 Å². The zero-order valence-corrected chi connectivity index (χ0v) is 5.18. The third-order valence-corrected chi connectivity index (χ3v) is 1.24. The van der Waals surface area contributed by atoms with Crippen molar-refractivity contribution in [1.29, 1.82) is 0 Å². The highest BCUT2D eigenvalue weighted by atomic mass is 16.2. The van der Waals surface area contributed by atoms with E-state index < -0.39 is 0 Å². The summed E-state index contributed by atoms with van der Waals surface area (Å²) < 4.78 is 0. The van der Waals surface area contributed by atoms with E-state index in [4.69, 9.17) is 0 Å². The van der Waals surface area contributed by atoms with Crippen LogP contribution in [-0.4, -0.2) is 36.9 Å². The maximum atomic E-state index is 10.7. The highest BCUT2D eigenvalue weighted by molar-refractivity contribution is 5.92. The molecule has 1 N–H and O–H groups in total. The van der Waals surface area contributed by atoms with Gasteiger partial charge in [0.15, 0.2) is 0 Å². The highest BCUT2D eigenvalue weighted by Crippen LogP contribution is 1.88. The van der Waals surface area contributed by atoms with Crippen molar-refractivity contribution >= 4 is 11.8 Å². The topological polar surface area (TPSA) is 49.4 Å². The summed E-state index contributed by atoms with van der Waals surface area (Å²) in [5.74, 6) is -0.119. The Bertz CT molecular complexity index is 155. The fraction of sp³-hybridized carbons (Fsp3) is 0.600. The van der Waals surface area contributed by atoms with Crippen molar-refractivity contribution in [2.45, 2.75) is 0 Å². The van der Waals surface area contributed by atoms with E-state index in [0.717, 1.165) is 0 Å². The first-order valence-electron chi connectivity index (χ1n) is 2.71. The first-order chi connectivity index (χ1) is 4.20. The van der Waals surface area contributed by atoms with Crippen molar-refractivity contribution in [3.8, 4) is 0 Å². The number of hydrogen-bond donors (Lipinski definition) is 1. The van der Waals surface area contributed by atoms with Crippen LogP contribution in [0.1, 0.15) is 0 Å². The van der Waals surface area contributed by atoms with Crippen LogP contribution >= 0.6 is 0 Å². The first-order valence-corrected chi connectivity index (χ1v) is 2.71. The smallest absolute Gasteiger partial charge is 0.242 e. The second kappa shape index (κ2) is 2.05. The van der Waals surface area contributed by atoms with Gasteiger partial charge in [-0.25, -0.2) is 0 Å². The number of likely N-dealkylation sites (N-methyl/N-ethyl adjacent to an activating group) is 1. The van der Waals surface area contributed by atoms with Crippen LogP contribution in [0.4, 0.5) is 0 Å². The third-order valence-electron chi connectivity index (χ3n) is 1.24. The molecule has 50 valence electrons. The fourth-order valence-corrected chi connectivity index (χ4v) is 0.669. The summed E-state index contributed by atoms with van der Waals surface area (Å²) in [5.41, 5.74) is 0. The van der Waals surface area contributed by atoms with Gasteiger partial charge in [-0.1, -0.05) is 0 Å². The predicted octanol–water partition coefficient (Wildman–Crippen LogP) is -1.43. The van der Waals surface area contributed by atoms with Gasteiger partial charge in [-0.3, -0.25) is 9.59 Å². The Morgan fingerprint density at radius 1 is 1.56 bits per heavy atom. The van der Waals surface area contributed by atoms with Crippen LogP contribution in [0.3, 0.4) is 0 Å². The van der Waals surface area contributed by atoms with Gasteiger partial charge >= 0.3 is 0 Å².